The highest BCUT2D eigenvalue weighted by Gasteiger charge is 2.17. The standard InChI is InChI=1S/C17H18N2O5/c1-11(15-10-14(23-2)8-9-16(15)24-3)18-17(20)12-4-6-13(7-5-12)19(21)22/h4-11H,1-3H3,(H,18,20). The second kappa shape index (κ2) is 7.45. The van der Waals surface area contributed by atoms with Gasteiger partial charge in [0.2, 0.25) is 0 Å². The van der Waals surface area contributed by atoms with Crippen LogP contribution in [0.2, 0.25) is 0 Å². The number of nitro benzene ring substituents is 1. The van der Waals surface area contributed by atoms with Crippen LogP contribution < -0.4 is 14.8 Å². The largest absolute Gasteiger partial charge is 0.497 e. The van der Waals surface area contributed by atoms with Crippen LogP contribution in [0.25, 0.3) is 0 Å². The molecule has 0 fully saturated rings. The molecule has 1 atom stereocenters. The molecule has 126 valence electrons. The third kappa shape index (κ3) is 3.81. The van der Waals surface area contributed by atoms with Crippen LogP contribution in [0.5, 0.6) is 11.5 Å². The fraction of sp³-hybridized carbons (Fsp3) is 0.235. The summed E-state index contributed by atoms with van der Waals surface area (Å²) in [5.74, 6) is 0.955. The van der Waals surface area contributed by atoms with Crippen molar-refractivity contribution in [3.8, 4) is 11.5 Å². The molecule has 0 radical (unpaired) electrons. The zero-order valence-corrected chi connectivity index (χ0v) is 13.6. The van der Waals surface area contributed by atoms with E-state index in [0.717, 1.165) is 5.56 Å². The number of nitrogens with one attached hydrogen (secondary N) is 1. The van der Waals surface area contributed by atoms with Crippen molar-refractivity contribution in [1.29, 1.82) is 0 Å². The van der Waals surface area contributed by atoms with Crippen molar-refractivity contribution in [2.24, 2.45) is 0 Å². The topological polar surface area (TPSA) is 90.7 Å². The number of hydrogen-bond donors (Lipinski definition) is 1. The summed E-state index contributed by atoms with van der Waals surface area (Å²) in [5, 5.41) is 13.5. The molecule has 0 saturated heterocycles. The second-order valence-corrected chi connectivity index (χ2v) is 5.11. The number of nitro groups is 1. The normalized spacial score (nSPS) is 11.5. The molecule has 2 rings (SSSR count). The zero-order chi connectivity index (χ0) is 17.7. The van der Waals surface area contributed by atoms with E-state index in [1.165, 1.54) is 24.3 Å². The van der Waals surface area contributed by atoms with Gasteiger partial charge in [-0.05, 0) is 37.3 Å². The predicted molar refractivity (Wildman–Crippen MR) is 88.5 cm³/mol. The van der Waals surface area contributed by atoms with Gasteiger partial charge in [0.1, 0.15) is 11.5 Å². The molecule has 1 unspecified atom stereocenters. The molecule has 0 aliphatic rings. The number of non-ortho nitro benzene ring substituents is 1. The molecule has 0 heterocycles. The van der Waals surface area contributed by atoms with Crippen molar-refractivity contribution >= 4 is 11.6 Å². The Bertz CT molecular complexity index is 743. The van der Waals surface area contributed by atoms with Crippen molar-refractivity contribution in [2.45, 2.75) is 13.0 Å². The lowest BCUT2D eigenvalue weighted by molar-refractivity contribution is -0.384. The predicted octanol–water partition coefficient (Wildman–Crippen LogP) is 3.10. The SMILES string of the molecule is COc1ccc(OC)c(C(C)NC(=O)c2ccc([N+](=O)[O-])cc2)c1. The summed E-state index contributed by atoms with van der Waals surface area (Å²) < 4.78 is 10.5. The minimum atomic E-state index is -0.509. The summed E-state index contributed by atoms with van der Waals surface area (Å²) in [4.78, 5) is 22.5. The molecule has 0 bridgehead atoms. The summed E-state index contributed by atoms with van der Waals surface area (Å²) in [6, 6.07) is 10.4. The minimum Gasteiger partial charge on any atom is -0.497 e. The molecule has 0 saturated carbocycles. The Morgan fingerprint density at radius 3 is 2.33 bits per heavy atom. The first-order valence-corrected chi connectivity index (χ1v) is 7.23. The van der Waals surface area contributed by atoms with Gasteiger partial charge in [0.15, 0.2) is 0 Å². The third-order valence-corrected chi connectivity index (χ3v) is 3.59. The van der Waals surface area contributed by atoms with E-state index in [-0.39, 0.29) is 17.6 Å². The first-order valence-electron chi connectivity index (χ1n) is 7.23. The van der Waals surface area contributed by atoms with E-state index in [1.807, 2.05) is 6.92 Å². The first-order chi connectivity index (χ1) is 11.5. The van der Waals surface area contributed by atoms with E-state index in [2.05, 4.69) is 5.32 Å². The molecule has 2 aromatic carbocycles. The third-order valence-electron chi connectivity index (χ3n) is 3.59. The number of hydrogen-bond acceptors (Lipinski definition) is 5. The highest BCUT2D eigenvalue weighted by atomic mass is 16.6. The van der Waals surface area contributed by atoms with Gasteiger partial charge in [-0.25, -0.2) is 0 Å². The number of amides is 1. The Hall–Kier alpha value is -3.09. The molecule has 7 nitrogen and oxygen atoms in total. The van der Waals surface area contributed by atoms with E-state index in [0.29, 0.717) is 17.1 Å². The molecular formula is C17H18N2O5. The number of carbonyl (C=O) groups excluding carboxylic acids is 1. The van der Waals surface area contributed by atoms with Gasteiger partial charge in [-0.1, -0.05) is 0 Å². The second-order valence-electron chi connectivity index (χ2n) is 5.11. The van der Waals surface area contributed by atoms with Crippen LogP contribution in [-0.2, 0) is 0 Å². The highest BCUT2D eigenvalue weighted by molar-refractivity contribution is 5.94. The van der Waals surface area contributed by atoms with Gasteiger partial charge in [-0.3, -0.25) is 14.9 Å². The smallest absolute Gasteiger partial charge is 0.269 e. The lowest BCUT2D eigenvalue weighted by atomic mass is 10.1. The molecule has 0 aliphatic heterocycles. The average molecular weight is 330 g/mol. The van der Waals surface area contributed by atoms with E-state index >= 15 is 0 Å². The van der Waals surface area contributed by atoms with Gasteiger partial charge in [0.25, 0.3) is 11.6 Å². The number of ether oxygens (including phenoxy) is 2. The highest BCUT2D eigenvalue weighted by Crippen LogP contribution is 2.29. The van der Waals surface area contributed by atoms with Crippen LogP contribution in [0.3, 0.4) is 0 Å². The van der Waals surface area contributed by atoms with Crippen LogP contribution in [-0.4, -0.2) is 25.1 Å². The summed E-state index contributed by atoms with van der Waals surface area (Å²) in [6.45, 7) is 1.82. The van der Waals surface area contributed by atoms with Crippen molar-refractivity contribution in [2.75, 3.05) is 14.2 Å². The number of rotatable bonds is 6. The van der Waals surface area contributed by atoms with Gasteiger partial charge < -0.3 is 14.8 Å². The van der Waals surface area contributed by atoms with E-state index in [9.17, 15) is 14.9 Å². The maximum atomic E-state index is 12.3. The Labute approximate surface area is 139 Å². The number of benzene rings is 2. The van der Waals surface area contributed by atoms with Gasteiger partial charge in [-0.2, -0.15) is 0 Å². The monoisotopic (exact) mass is 330 g/mol. The lowest BCUT2D eigenvalue weighted by Crippen LogP contribution is -2.26. The minimum absolute atomic E-state index is 0.0611. The summed E-state index contributed by atoms with van der Waals surface area (Å²) >= 11 is 0. The number of carbonyl (C=O) groups is 1. The maximum absolute atomic E-state index is 12.3. The summed E-state index contributed by atoms with van der Waals surface area (Å²) in [6.07, 6.45) is 0. The van der Waals surface area contributed by atoms with Crippen LogP contribution in [0.4, 0.5) is 5.69 Å². The molecule has 7 heteroatoms. The van der Waals surface area contributed by atoms with Crippen LogP contribution in [0, 0.1) is 10.1 Å². The maximum Gasteiger partial charge on any atom is 0.269 e. The molecule has 1 amide bonds. The van der Waals surface area contributed by atoms with Crippen LogP contribution in [0.1, 0.15) is 28.9 Å². The number of nitrogens with zero attached hydrogens (tertiary/aromatic N) is 1. The lowest BCUT2D eigenvalue weighted by Gasteiger charge is -2.18. The van der Waals surface area contributed by atoms with E-state index in [1.54, 1.807) is 32.4 Å². The zero-order valence-electron chi connectivity index (χ0n) is 13.6. The molecule has 2 aromatic rings. The van der Waals surface area contributed by atoms with Gasteiger partial charge >= 0.3 is 0 Å². The van der Waals surface area contributed by atoms with Gasteiger partial charge in [0.05, 0.1) is 25.2 Å². The Morgan fingerprint density at radius 1 is 1.12 bits per heavy atom. The molecule has 24 heavy (non-hydrogen) atoms. The Morgan fingerprint density at radius 2 is 1.79 bits per heavy atom. The molecular weight excluding hydrogens is 312 g/mol. The van der Waals surface area contributed by atoms with Crippen molar-refractivity contribution < 1.29 is 19.2 Å². The van der Waals surface area contributed by atoms with Crippen LogP contribution >= 0.6 is 0 Å². The number of methoxy groups -OCH3 is 2. The fourth-order valence-corrected chi connectivity index (χ4v) is 2.27. The molecule has 0 spiro atoms. The molecule has 0 aromatic heterocycles. The van der Waals surface area contributed by atoms with Crippen LogP contribution in [0.15, 0.2) is 42.5 Å². The van der Waals surface area contributed by atoms with Crippen molar-refractivity contribution in [3.63, 3.8) is 0 Å². The van der Waals surface area contributed by atoms with Gasteiger partial charge in [0, 0.05) is 23.3 Å². The molecule has 1 N–H and O–H groups in total. The first kappa shape index (κ1) is 17.3. The fourth-order valence-electron chi connectivity index (χ4n) is 2.27. The summed E-state index contributed by atoms with van der Waals surface area (Å²) in [5.41, 5.74) is 1.05. The van der Waals surface area contributed by atoms with E-state index in [4.69, 9.17) is 9.47 Å². The van der Waals surface area contributed by atoms with Gasteiger partial charge in [-0.15, -0.1) is 0 Å². The Kier molecular flexibility index (Phi) is 5.36. The Balaban J connectivity index is 2.18. The van der Waals surface area contributed by atoms with Crippen molar-refractivity contribution in [3.05, 3.63) is 63.7 Å². The van der Waals surface area contributed by atoms with Crippen molar-refractivity contribution in [1.82, 2.24) is 5.32 Å². The molecule has 0 aliphatic carbocycles. The average Bonchev–Trinajstić information content (AvgIpc) is 2.60. The summed E-state index contributed by atoms with van der Waals surface area (Å²) in [7, 11) is 3.11. The quantitative estimate of drug-likeness (QED) is 0.649. The van der Waals surface area contributed by atoms with E-state index < -0.39 is 4.92 Å².